The van der Waals surface area contributed by atoms with Gasteiger partial charge in [-0.25, -0.2) is 4.79 Å². The molecule has 1 atom stereocenters. The van der Waals surface area contributed by atoms with Crippen molar-refractivity contribution in [2.75, 3.05) is 26.3 Å². The Bertz CT molecular complexity index is 937. The van der Waals surface area contributed by atoms with Crippen LogP contribution in [0.4, 0.5) is 0 Å². The molecule has 0 radical (unpaired) electrons. The second-order valence-electron chi connectivity index (χ2n) is 8.38. The normalized spacial score (nSPS) is 21.4. The van der Waals surface area contributed by atoms with E-state index in [0.717, 1.165) is 44.8 Å². The van der Waals surface area contributed by atoms with Crippen molar-refractivity contribution in [1.29, 1.82) is 0 Å². The fourth-order valence-corrected chi connectivity index (χ4v) is 3.87. The number of aromatic hydroxyl groups is 2. The molecule has 0 aromatic heterocycles. The third-order valence-corrected chi connectivity index (χ3v) is 5.53. The van der Waals surface area contributed by atoms with Gasteiger partial charge < -0.3 is 19.8 Å². The Kier molecular flexibility index (Phi) is 8.95. The first-order valence-electron chi connectivity index (χ1n) is 11.4. The molecule has 3 rings (SSSR count). The molecule has 0 aliphatic carbocycles. The topological polar surface area (TPSA) is 108 Å². The first kappa shape index (κ1) is 24.4. The summed E-state index contributed by atoms with van der Waals surface area (Å²) in [5.74, 6) is -0.885. The lowest BCUT2D eigenvalue weighted by molar-refractivity contribution is -0.139. The van der Waals surface area contributed by atoms with Crippen LogP contribution in [-0.2, 0) is 14.4 Å². The number of ether oxygens (including phenoxy) is 1. The summed E-state index contributed by atoms with van der Waals surface area (Å²) in [5, 5.41) is 20.2. The van der Waals surface area contributed by atoms with E-state index >= 15 is 0 Å². The lowest BCUT2D eigenvalue weighted by atomic mass is 10.0. The number of hydrogen-bond donors (Lipinski definition) is 3. The molecule has 1 saturated heterocycles. The van der Waals surface area contributed by atoms with Crippen molar-refractivity contribution < 1.29 is 29.4 Å². The van der Waals surface area contributed by atoms with Crippen LogP contribution in [0.25, 0.3) is 6.08 Å². The number of piperidine rings is 1. The molecule has 1 unspecified atom stereocenters. The van der Waals surface area contributed by atoms with Crippen molar-refractivity contribution in [1.82, 2.24) is 10.4 Å². The highest BCUT2D eigenvalue weighted by molar-refractivity contribution is 5.97. The Morgan fingerprint density at radius 2 is 2.00 bits per heavy atom. The van der Waals surface area contributed by atoms with E-state index in [-0.39, 0.29) is 41.7 Å². The molecule has 3 N–H and O–H groups in total. The van der Waals surface area contributed by atoms with Crippen molar-refractivity contribution in [3.8, 4) is 11.5 Å². The number of carbonyl (C=O) groups is 2. The molecule has 1 aromatic carbocycles. The minimum absolute atomic E-state index is 0.0556. The van der Waals surface area contributed by atoms with E-state index in [0.29, 0.717) is 18.0 Å². The highest BCUT2D eigenvalue weighted by Gasteiger charge is 2.21. The number of cyclic esters (lactones) is 1. The summed E-state index contributed by atoms with van der Waals surface area (Å²) in [5.41, 5.74) is 3.43. The maximum absolute atomic E-state index is 12.6. The van der Waals surface area contributed by atoms with E-state index < -0.39 is 5.97 Å². The van der Waals surface area contributed by atoms with Crippen LogP contribution in [0.5, 0.6) is 11.5 Å². The number of nitrogens with zero attached hydrogens (tertiary/aromatic N) is 1. The molecule has 8 nitrogen and oxygen atoms in total. The molecular weight excluding hydrogens is 424 g/mol. The van der Waals surface area contributed by atoms with Gasteiger partial charge in [-0.15, -0.1) is 0 Å². The maximum Gasteiger partial charge on any atom is 0.342 e. The molecule has 2 aliphatic heterocycles. The summed E-state index contributed by atoms with van der Waals surface area (Å²) in [7, 11) is 0. The average molecular weight is 457 g/mol. The van der Waals surface area contributed by atoms with Crippen LogP contribution in [0.3, 0.4) is 0 Å². The van der Waals surface area contributed by atoms with Crippen LogP contribution in [0.2, 0.25) is 0 Å². The third-order valence-electron chi connectivity index (χ3n) is 5.53. The second-order valence-corrected chi connectivity index (χ2v) is 8.38. The van der Waals surface area contributed by atoms with Gasteiger partial charge in [-0.05, 0) is 61.8 Å². The number of likely N-dealkylation sites (tertiary alicyclic amines) is 1. The van der Waals surface area contributed by atoms with Crippen molar-refractivity contribution in [2.24, 2.45) is 5.92 Å². The molecule has 1 aromatic rings. The number of phenols is 2. The number of rotatable bonds is 4. The molecule has 33 heavy (non-hydrogen) atoms. The molecule has 1 amide bonds. The van der Waals surface area contributed by atoms with Gasteiger partial charge in [0.2, 0.25) is 0 Å². The van der Waals surface area contributed by atoms with E-state index in [1.165, 1.54) is 6.07 Å². The first-order valence-corrected chi connectivity index (χ1v) is 11.4. The SMILES string of the molecule is CC1CCCN(C(=O)CON/C2=C\c3cc(O)cc(O)c3C(=O)OCCC=CCCC=C2)C1. The van der Waals surface area contributed by atoms with E-state index in [1.54, 1.807) is 17.1 Å². The number of hydrogen-bond acceptors (Lipinski definition) is 7. The van der Waals surface area contributed by atoms with E-state index in [1.807, 2.05) is 18.2 Å². The van der Waals surface area contributed by atoms with E-state index in [2.05, 4.69) is 12.4 Å². The number of nitrogens with one attached hydrogen (secondary N) is 1. The first-order chi connectivity index (χ1) is 15.9. The number of amides is 1. The molecule has 2 heterocycles. The lowest BCUT2D eigenvalue weighted by Crippen LogP contribution is -2.41. The number of benzene rings is 1. The number of hydroxylamine groups is 1. The Morgan fingerprint density at radius 1 is 1.21 bits per heavy atom. The molecule has 0 bridgehead atoms. The molecule has 0 spiro atoms. The predicted molar refractivity (Wildman–Crippen MR) is 124 cm³/mol. The number of esters is 1. The van der Waals surface area contributed by atoms with Gasteiger partial charge in [0.25, 0.3) is 5.91 Å². The van der Waals surface area contributed by atoms with Gasteiger partial charge in [0, 0.05) is 19.2 Å². The summed E-state index contributed by atoms with van der Waals surface area (Å²) < 4.78 is 5.28. The fourth-order valence-electron chi connectivity index (χ4n) is 3.87. The molecule has 178 valence electrons. The van der Waals surface area contributed by atoms with Crippen molar-refractivity contribution in [2.45, 2.75) is 39.0 Å². The monoisotopic (exact) mass is 456 g/mol. The highest BCUT2D eigenvalue weighted by Crippen LogP contribution is 2.30. The molecule has 0 saturated carbocycles. The van der Waals surface area contributed by atoms with E-state index in [9.17, 15) is 19.8 Å². The smallest absolute Gasteiger partial charge is 0.342 e. The Labute approximate surface area is 194 Å². The summed E-state index contributed by atoms with van der Waals surface area (Å²) in [6.45, 7) is 3.63. The van der Waals surface area contributed by atoms with Gasteiger partial charge in [-0.1, -0.05) is 25.2 Å². The van der Waals surface area contributed by atoms with Gasteiger partial charge in [0.05, 0.1) is 12.3 Å². The zero-order chi connectivity index (χ0) is 23.6. The quantitative estimate of drug-likeness (QED) is 0.360. The van der Waals surface area contributed by atoms with Crippen molar-refractivity contribution >= 4 is 18.0 Å². The molecular formula is C25H32N2O6. The standard InChI is InChI=1S/C25H32N2O6/c1-18-9-8-11-27(16-18)23(30)17-33-26-20-10-6-4-2-3-5-7-12-32-25(31)24-19(13-20)14-21(28)15-22(24)29/h3,5-6,10,13-15,18,26,28-29H,2,4,7-9,11-12,16-17H2,1H3/b5-3?,10-6?,20-13-. The largest absolute Gasteiger partial charge is 0.508 e. The van der Waals surface area contributed by atoms with Crippen molar-refractivity contribution in [3.63, 3.8) is 0 Å². The zero-order valence-corrected chi connectivity index (χ0v) is 19.0. The fraction of sp³-hybridized carbons (Fsp3) is 0.440. The maximum atomic E-state index is 12.6. The minimum Gasteiger partial charge on any atom is -0.508 e. The molecule has 8 heteroatoms. The van der Waals surface area contributed by atoms with Gasteiger partial charge in [0.1, 0.15) is 17.1 Å². The third kappa shape index (κ3) is 7.39. The van der Waals surface area contributed by atoms with E-state index in [4.69, 9.17) is 9.57 Å². The highest BCUT2D eigenvalue weighted by atomic mass is 16.6. The number of fused-ring (bicyclic) bond motifs is 1. The Morgan fingerprint density at radius 3 is 2.82 bits per heavy atom. The second kappa shape index (κ2) is 12.1. The van der Waals surface area contributed by atoms with Crippen LogP contribution in [0, 0.1) is 5.92 Å². The number of phenolic OH excluding ortho intramolecular Hbond substituents is 2. The van der Waals surface area contributed by atoms with Gasteiger partial charge >= 0.3 is 5.97 Å². The van der Waals surface area contributed by atoms with Crippen LogP contribution in [-0.4, -0.2) is 53.3 Å². The van der Waals surface area contributed by atoms with Crippen LogP contribution >= 0.6 is 0 Å². The van der Waals surface area contributed by atoms with Gasteiger partial charge in [0.15, 0.2) is 6.61 Å². The Balaban J connectivity index is 1.79. The van der Waals surface area contributed by atoms with Crippen LogP contribution in [0.15, 0.2) is 42.1 Å². The Hall–Kier alpha value is -3.26. The lowest BCUT2D eigenvalue weighted by Gasteiger charge is -2.30. The number of carbonyl (C=O) groups excluding carboxylic acids is 2. The molecule has 2 aliphatic rings. The van der Waals surface area contributed by atoms with Gasteiger partial charge in [-0.2, -0.15) is 0 Å². The average Bonchev–Trinajstić information content (AvgIpc) is 2.76. The summed E-state index contributed by atoms with van der Waals surface area (Å²) in [6.07, 6.45) is 13.5. The number of allylic oxidation sites excluding steroid dienone is 3. The van der Waals surface area contributed by atoms with Crippen LogP contribution in [0.1, 0.15) is 54.9 Å². The van der Waals surface area contributed by atoms with Gasteiger partial charge in [-0.3, -0.25) is 15.1 Å². The van der Waals surface area contributed by atoms with Crippen molar-refractivity contribution in [3.05, 3.63) is 53.3 Å². The summed E-state index contributed by atoms with van der Waals surface area (Å²) in [4.78, 5) is 32.3. The van der Waals surface area contributed by atoms with Crippen LogP contribution < -0.4 is 5.48 Å². The zero-order valence-electron chi connectivity index (χ0n) is 19.0. The molecule has 1 fully saturated rings. The summed E-state index contributed by atoms with van der Waals surface area (Å²) >= 11 is 0. The summed E-state index contributed by atoms with van der Waals surface area (Å²) in [6, 6.07) is 2.45. The predicted octanol–water partition coefficient (Wildman–Crippen LogP) is 3.67. The minimum atomic E-state index is -0.692.